The lowest BCUT2D eigenvalue weighted by atomic mass is 9.83. The van der Waals surface area contributed by atoms with Crippen molar-refractivity contribution >= 4 is 44.5 Å². The summed E-state index contributed by atoms with van der Waals surface area (Å²) in [7, 11) is 0. The summed E-state index contributed by atoms with van der Waals surface area (Å²) in [6.07, 6.45) is 2.04. The predicted octanol–water partition coefficient (Wildman–Crippen LogP) is 4.32. The number of hydrogen-bond donors (Lipinski definition) is 1. The topological polar surface area (TPSA) is 18.5 Å². The lowest BCUT2D eigenvalue weighted by Crippen LogP contribution is -2.36. The van der Waals surface area contributed by atoms with Gasteiger partial charge in [-0.05, 0) is 52.7 Å². The normalized spacial score (nSPS) is 18.6. The van der Waals surface area contributed by atoms with Gasteiger partial charge in [0.2, 0.25) is 0 Å². The molecule has 0 N–H and O–H groups in total. The Balaban J connectivity index is 2.01. The second-order valence-corrected chi connectivity index (χ2v) is 6.72. The van der Waals surface area contributed by atoms with E-state index in [-0.39, 0.29) is 5.41 Å². The Hall–Kier alpha value is 0.290. The fraction of sp³-hybridized carbons (Fsp3) is 0.538. The zero-order chi connectivity index (χ0) is 13.0. The van der Waals surface area contributed by atoms with Gasteiger partial charge in [-0.25, -0.2) is 0 Å². The minimum atomic E-state index is 0.147. The first-order valence-corrected chi connectivity index (χ1v) is 8.14. The second kappa shape index (κ2) is 6.64. The van der Waals surface area contributed by atoms with E-state index in [4.69, 9.17) is 9.47 Å². The van der Waals surface area contributed by atoms with Crippen LogP contribution in [0.2, 0.25) is 0 Å². The Labute approximate surface area is 130 Å². The van der Waals surface area contributed by atoms with Crippen molar-refractivity contribution in [3.63, 3.8) is 0 Å². The van der Waals surface area contributed by atoms with Crippen molar-refractivity contribution in [1.82, 2.24) is 0 Å². The highest BCUT2D eigenvalue weighted by atomic mass is 79.9. The molecule has 0 unspecified atom stereocenters. The monoisotopic (exact) mass is 394 g/mol. The Morgan fingerprint density at radius 1 is 1.28 bits per heavy atom. The molecule has 1 aliphatic heterocycles. The Bertz CT molecular complexity index is 406. The van der Waals surface area contributed by atoms with Crippen molar-refractivity contribution in [2.24, 2.45) is 5.41 Å². The molecule has 5 heteroatoms. The molecule has 1 aromatic rings. The van der Waals surface area contributed by atoms with Crippen LogP contribution in [0.4, 0.5) is 0 Å². The summed E-state index contributed by atoms with van der Waals surface area (Å²) in [5, 5.41) is 0. The number of thiol groups is 1. The summed E-state index contributed by atoms with van der Waals surface area (Å²) in [5.41, 5.74) is 0.147. The molecule has 1 saturated heterocycles. The number of benzene rings is 1. The van der Waals surface area contributed by atoms with E-state index in [1.807, 2.05) is 18.2 Å². The van der Waals surface area contributed by atoms with Crippen molar-refractivity contribution in [3.05, 3.63) is 27.1 Å². The molecule has 0 radical (unpaired) electrons. The predicted molar refractivity (Wildman–Crippen MR) is 83.7 cm³/mol. The van der Waals surface area contributed by atoms with Gasteiger partial charge >= 0.3 is 0 Å². The Morgan fingerprint density at radius 3 is 2.61 bits per heavy atom. The second-order valence-electron chi connectivity index (χ2n) is 4.63. The van der Waals surface area contributed by atoms with Gasteiger partial charge in [0.15, 0.2) is 0 Å². The summed E-state index contributed by atoms with van der Waals surface area (Å²) in [6, 6.07) is 5.95. The molecule has 1 fully saturated rings. The maximum atomic E-state index is 5.95. The summed E-state index contributed by atoms with van der Waals surface area (Å²) in [5.74, 6) is 1.72. The van der Waals surface area contributed by atoms with Crippen LogP contribution in [0, 0.1) is 5.41 Å². The highest BCUT2D eigenvalue weighted by Crippen LogP contribution is 2.34. The maximum Gasteiger partial charge on any atom is 0.133 e. The van der Waals surface area contributed by atoms with E-state index in [2.05, 4.69) is 44.5 Å². The van der Waals surface area contributed by atoms with Crippen molar-refractivity contribution in [3.8, 4) is 5.75 Å². The standard InChI is InChI=1S/C13H16Br2O2S/c14-10-1-2-12(11(15)7-10)17-8-13(9-18)3-5-16-6-4-13/h1-2,7,18H,3-6,8-9H2. The molecule has 1 aromatic carbocycles. The largest absolute Gasteiger partial charge is 0.492 e. The summed E-state index contributed by atoms with van der Waals surface area (Å²) in [6.45, 7) is 2.32. The van der Waals surface area contributed by atoms with Gasteiger partial charge in [-0.3, -0.25) is 0 Å². The third-order valence-corrected chi connectivity index (χ3v) is 5.10. The van der Waals surface area contributed by atoms with Gasteiger partial charge in [0, 0.05) is 23.1 Å². The Morgan fingerprint density at radius 2 is 2.00 bits per heavy atom. The molecule has 100 valence electrons. The van der Waals surface area contributed by atoms with Gasteiger partial charge in [0.1, 0.15) is 5.75 Å². The molecule has 2 rings (SSSR count). The molecule has 2 nitrogen and oxygen atoms in total. The first kappa shape index (κ1) is 14.7. The molecule has 1 aliphatic rings. The lowest BCUT2D eigenvalue weighted by molar-refractivity contribution is 0.00297. The molecule has 0 aromatic heterocycles. The smallest absolute Gasteiger partial charge is 0.133 e. The molecule has 0 atom stereocenters. The zero-order valence-corrected chi connectivity index (χ0v) is 14.1. The fourth-order valence-electron chi connectivity index (χ4n) is 1.98. The van der Waals surface area contributed by atoms with Crippen molar-refractivity contribution in [2.45, 2.75) is 12.8 Å². The van der Waals surface area contributed by atoms with E-state index in [1.54, 1.807) is 0 Å². The van der Waals surface area contributed by atoms with Crippen molar-refractivity contribution in [2.75, 3.05) is 25.6 Å². The first-order chi connectivity index (χ1) is 8.65. The van der Waals surface area contributed by atoms with E-state index in [1.165, 1.54) is 0 Å². The fourth-order valence-corrected chi connectivity index (χ4v) is 3.54. The van der Waals surface area contributed by atoms with Crippen LogP contribution in [0.5, 0.6) is 5.75 Å². The summed E-state index contributed by atoms with van der Waals surface area (Å²) >= 11 is 11.4. The van der Waals surface area contributed by atoms with Gasteiger partial charge < -0.3 is 9.47 Å². The molecule has 0 aliphatic carbocycles. The molecular formula is C13H16Br2O2S. The van der Waals surface area contributed by atoms with Crippen LogP contribution in [0.3, 0.4) is 0 Å². The van der Waals surface area contributed by atoms with E-state index in [0.717, 1.165) is 46.5 Å². The average Bonchev–Trinajstić information content (AvgIpc) is 2.39. The zero-order valence-electron chi connectivity index (χ0n) is 9.99. The molecule has 1 heterocycles. The third-order valence-electron chi connectivity index (χ3n) is 3.32. The minimum Gasteiger partial charge on any atom is -0.492 e. The number of ether oxygens (including phenoxy) is 2. The molecular weight excluding hydrogens is 380 g/mol. The molecule has 0 bridgehead atoms. The van der Waals surface area contributed by atoms with Crippen LogP contribution in [-0.2, 0) is 4.74 Å². The van der Waals surface area contributed by atoms with Gasteiger partial charge in [-0.2, -0.15) is 12.6 Å². The van der Waals surface area contributed by atoms with E-state index < -0.39 is 0 Å². The molecule has 0 amide bonds. The summed E-state index contributed by atoms with van der Waals surface area (Å²) < 4.78 is 13.4. The molecule has 0 saturated carbocycles. The quantitative estimate of drug-likeness (QED) is 0.765. The molecule has 0 spiro atoms. The minimum absolute atomic E-state index is 0.147. The van der Waals surface area contributed by atoms with Crippen LogP contribution in [0.1, 0.15) is 12.8 Å². The number of rotatable bonds is 4. The average molecular weight is 396 g/mol. The van der Waals surface area contributed by atoms with Gasteiger partial charge in [0.05, 0.1) is 11.1 Å². The van der Waals surface area contributed by atoms with Gasteiger partial charge in [-0.1, -0.05) is 15.9 Å². The van der Waals surface area contributed by atoms with Gasteiger partial charge in [0.25, 0.3) is 0 Å². The van der Waals surface area contributed by atoms with Crippen LogP contribution < -0.4 is 4.74 Å². The highest BCUT2D eigenvalue weighted by molar-refractivity contribution is 9.11. The molecule has 18 heavy (non-hydrogen) atoms. The van der Waals surface area contributed by atoms with Crippen molar-refractivity contribution in [1.29, 1.82) is 0 Å². The van der Waals surface area contributed by atoms with Crippen LogP contribution in [0.15, 0.2) is 27.1 Å². The maximum absolute atomic E-state index is 5.95. The van der Waals surface area contributed by atoms with Crippen molar-refractivity contribution < 1.29 is 9.47 Å². The van der Waals surface area contributed by atoms with E-state index in [9.17, 15) is 0 Å². The summed E-state index contributed by atoms with van der Waals surface area (Å²) in [4.78, 5) is 0. The van der Waals surface area contributed by atoms with E-state index >= 15 is 0 Å². The van der Waals surface area contributed by atoms with Crippen LogP contribution >= 0.6 is 44.5 Å². The Kier molecular flexibility index (Phi) is 5.42. The van der Waals surface area contributed by atoms with Crippen LogP contribution in [0.25, 0.3) is 0 Å². The third kappa shape index (κ3) is 3.65. The van der Waals surface area contributed by atoms with Gasteiger partial charge in [-0.15, -0.1) is 0 Å². The first-order valence-electron chi connectivity index (χ1n) is 5.92. The lowest BCUT2D eigenvalue weighted by Gasteiger charge is -2.35. The SMILES string of the molecule is SCC1(COc2ccc(Br)cc2Br)CCOCC1. The van der Waals surface area contributed by atoms with Crippen LogP contribution in [-0.4, -0.2) is 25.6 Å². The number of hydrogen-bond acceptors (Lipinski definition) is 3. The highest BCUT2D eigenvalue weighted by Gasteiger charge is 2.32. The number of halogens is 2. The van der Waals surface area contributed by atoms with E-state index in [0.29, 0.717) is 6.61 Å².